The molecule has 1 aliphatic rings. The van der Waals surface area contributed by atoms with Gasteiger partial charge in [0, 0.05) is 5.92 Å². The fraction of sp³-hybridized carbons (Fsp3) is 0.889. The highest BCUT2D eigenvalue weighted by atomic mass is 35.5. The Hall–Kier alpha value is -0.0400. The zero-order chi connectivity index (χ0) is 8.27. The van der Waals surface area contributed by atoms with Crippen molar-refractivity contribution in [1.29, 1.82) is 0 Å². The SMILES string of the molecule is C[C@@H]1CCCC[C@H]1C(=O)CCl. The number of halogens is 1. The van der Waals surface area contributed by atoms with Gasteiger partial charge in [-0.2, -0.15) is 0 Å². The van der Waals surface area contributed by atoms with Crippen LogP contribution in [-0.4, -0.2) is 11.7 Å². The quantitative estimate of drug-likeness (QED) is 0.589. The van der Waals surface area contributed by atoms with Crippen molar-refractivity contribution < 1.29 is 4.79 Å². The van der Waals surface area contributed by atoms with Crippen LogP contribution < -0.4 is 0 Å². The maximum Gasteiger partial charge on any atom is 0.150 e. The van der Waals surface area contributed by atoms with Crippen molar-refractivity contribution >= 4 is 17.4 Å². The smallest absolute Gasteiger partial charge is 0.150 e. The summed E-state index contributed by atoms with van der Waals surface area (Å²) in [6.45, 7) is 2.16. The monoisotopic (exact) mass is 174 g/mol. The van der Waals surface area contributed by atoms with Crippen LogP contribution in [0.5, 0.6) is 0 Å². The highest BCUT2D eigenvalue weighted by molar-refractivity contribution is 6.27. The van der Waals surface area contributed by atoms with Crippen molar-refractivity contribution in [3.05, 3.63) is 0 Å². The molecule has 0 aromatic rings. The van der Waals surface area contributed by atoms with E-state index in [9.17, 15) is 4.79 Å². The lowest BCUT2D eigenvalue weighted by molar-refractivity contribution is -0.122. The van der Waals surface area contributed by atoms with Crippen LogP contribution in [0, 0.1) is 11.8 Å². The van der Waals surface area contributed by atoms with Gasteiger partial charge in [-0.25, -0.2) is 0 Å². The van der Waals surface area contributed by atoms with Crippen LogP contribution >= 0.6 is 11.6 Å². The molecule has 0 N–H and O–H groups in total. The number of carbonyl (C=O) groups excluding carboxylic acids is 1. The Balaban J connectivity index is 2.47. The van der Waals surface area contributed by atoms with Gasteiger partial charge in [-0.05, 0) is 12.3 Å². The molecule has 1 fully saturated rings. The van der Waals surface area contributed by atoms with Gasteiger partial charge in [-0.3, -0.25) is 4.79 Å². The number of hydrogen-bond donors (Lipinski definition) is 0. The van der Waals surface area contributed by atoms with E-state index in [1.54, 1.807) is 0 Å². The van der Waals surface area contributed by atoms with Crippen molar-refractivity contribution in [3.63, 3.8) is 0 Å². The molecule has 11 heavy (non-hydrogen) atoms. The van der Waals surface area contributed by atoms with E-state index in [0.29, 0.717) is 5.92 Å². The van der Waals surface area contributed by atoms with E-state index in [2.05, 4.69) is 6.92 Å². The molecule has 2 heteroatoms. The van der Waals surface area contributed by atoms with Gasteiger partial charge in [-0.1, -0.05) is 26.2 Å². The molecule has 0 spiro atoms. The summed E-state index contributed by atoms with van der Waals surface area (Å²) < 4.78 is 0. The predicted molar refractivity (Wildman–Crippen MR) is 46.8 cm³/mol. The summed E-state index contributed by atoms with van der Waals surface area (Å²) in [5.41, 5.74) is 0. The number of rotatable bonds is 2. The van der Waals surface area contributed by atoms with E-state index in [4.69, 9.17) is 11.6 Å². The molecule has 0 amide bonds. The van der Waals surface area contributed by atoms with Crippen molar-refractivity contribution in [2.45, 2.75) is 32.6 Å². The second-order valence-corrected chi connectivity index (χ2v) is 3.74. The molecule has 0 saturated heterocycles. The van der Waals surface area contributed by atoms with Gasteiger partial charge in [-0.15, -0.1) is 11.6 Å². The molecule has 0 aromatic carbocycles. The lowest BCUT2D eigenvalue weighted by Gasteiger charge is -2.26. The normalized spacial score (nSPS) is 31.8. The van der Waals surface area contributed by atoms with Crippen LogP contribution in [0.4, 0.5) is 0 Å². The topological polar surface area (TPSA) is 17.1 Å². The first kappa shape index (κ1) is 9.05. The Morgan fingerprint density at radius 3 is 2.64 bits per heavy atom. The Kier molecular flexibility index (Phi) is 3.38. The maximum atomic E-state index is 11.2. The summed E-state index contributed by atoms with van der Waals surface area (Å²) in [5, 5.41) is 0. The van der Waals surface area contributed by atoms with Gasteiger partial charge in [0.15, 0.2) is 5.78 Å². The third-order valence-corrected chi connectivity index (χ3v) is 2.92. The number of alkyl halides is 1. The molecule has 2 atom stereocenters. The molecule has 1 aliphatic carbocycles. The van der Waals surface area contributed by atoms with Crippen LogP contribution in [0.1, 0.15) is 32.6 Å². The minimum Gasteiger partial charge on any atom is -0.298 e. The summed E-state index contributed by atoms with van der Waals surface area (Å²) in [4.78, 5) is 11.2. The molecule has 0 radical (unpaired) electrons. The zero-order valence-corrected chi connectivity index (χ0v) is 7.73. The number of ketones is 1. The first-order chi connectivity index (χ1) is 5.25. The summed E-state index contributed by atoms with van der Waals surface area (Å²) in [7, 11) is 0. The molecule has 1 saturated carbocycles. The Morgan fingerprint density at radius 2 is 2.09 bits per heavy atom. The van der Waals surface area contributed by atoms with Crippen LogP contribution in [-0.2, 0) is 4.79 Å². The summed E-state index contributed by atoms with van der Waals surface area (Å²) in [6, 6.07) is 0. The molecule has 1 nitrogen and oxygen atoms in total. The van der Waals surface area contributed by atoms with E-state index < -0.39 is 0 Å². The molecule has 1 rings (SSSR count). The first-order valence-corrected chi connectivity index (χ1v) is 4.88. The van der Waals surface area contributed by atoms with Gasteiger partial charge >= 0.3 is 0 Å². The molecular weight excluding hydrogens is 160 g/mol. The number of Topliss-reactive ketones (excluding diaryl/α,β-unsaturated/α-hetero) is 1. The minimum atomic E-state index is 0.203. The van der Waals surface area contributed by atoms with Crippen LogP contribution in [0.25, 0.3) is 0 Å². The largest absolute Gasteiger partial charge is 0.298 e. The fourth-order valence-electron chi connectivity index (χ4n) is 1.89. The summed E-state index contributed by atoms with van der Waals surface area (Å²) in [6.07, 6.45) is 4.75. The first-order valence-electron chi connectivity index (χ1n) is 4.34. The molecule has 64 valence electrons. The standard InChI is InChI=1S/C9H15ClO/c1-7-4-2-3-5-8(7)9(11)6-10/h7-8H,2-6H2,1H3/t7-,8-/m1/s1. The minimum absolute atomic E-state index is 0.203. The molecule has 0 aromatic heterocycles. The van der Waals surface area contributed by atoms with E-state index in [-0.39, 0.29) is 17.6 Å². The fourth-order valence-corrected chi connectivity index (χ4v) is 2.09. The summed E-state index contributed by atoms with van der Waals surface area (Å²) >= 11 is 5.50. The van der Waals surface area contributed by atoms with Crippen LogP contribution in [0.15, 0.2) is 0 Å². The van der Waals surface area contributed by atoms with Gasteiger partial charge in [0.2, 0.25) is 0 Å². The third kappa shape index (κ3) is 2.19. The Morgan fingerprint density at radius 1 is 1.45 bits per heavy atom. The predicted octanol–water partition coefficient (Wildman–Crippen LogP) is 2.62. The van der Waals surface area contributed by atoms with Crippen molar-refractivity contribution in [3.8, 4) is 0 Å². The van der Waals surface area contributed by atoms with E-state index in [1.165, 1.54) is 19.3 Å². The van der Waals surface area contributed by atoms with Crippen molar-refractivity contribution in [2.75, 3.05) is 5.88 Å². The van der Waals surface area contributed by atoms with Gasteiger partial charge in [0.25, 0.3) is 0 Å². The van der Waals surface area contributed by atoms with Gasteiger partial charge < -0.3 is 0 Å². The highest BCUT2D eigenvalue weighted by Crippen LogP contribution is 2.30. The number of hydrogen-bond acceptors (Lipinski definition) is 1. The molecule has 0 heterocycles. The number of carbonyl (C=O) groups is 1. The second kappa shape index (κ2) is 4.10. The third-order valence-electron chi connectivity index (χ3n) is 2.66. The Bertz CT molecular complexity index is 144. The molecular formula is C9H15ClO. The average molecular weight is 175 g/mol. The lowest BCUT2D eigenvalue weighted by atomic mass is 9.78. The summed E-state index contributed by atoms with van der Waals surface area (Å²) in [5.74, 6) is 1.28. The zero-order valence-electron chi connectivity index (χ0n) is 6.98. The van der Waals surface area contributed by atoms with Crippen molar-refractivity contribution in [2.24, 2.45) is 11.8 Å². The van der Waals surface area contributed by atoms with Crippen LogP contribution in [0.3, 0.4) is 0 Å². The van der Waals surface area contributed by atoms with Crippen LogP contribution in [0.2, 0.25) is 0 Å². The molecule has 0 bridgehead atoms. The van der Waals surface area contributed by atoms with E-state index in [0.717, 1.165) is 6.42 Å². The maximum absolute atomic E-state index is 11.2. The van der Waals surface area contributed by atoms with E-state index in [1.807, 2.05) is 0 Å². The van der Waals surface area contributed by atoms with Crippen molar-refractivity contribution in [1.82, 2.24) is 0 Å². The van der Waals surface area contributed by atoms with Gasteiger partial charge in [0.1, 0.15) is 0 Å². The highest BCUT2D eigenvalue weighted by Gasteiger charge is 2.26. The van der Waals surface area contributed by atoms with Gasteiger partial charge in [0.05, 0.1) is 5.88 Å². The Labute approximate surface area is 73.1 Å². The van der Waals surface area contributed by atoms with E-state index >= 15 is 0 Å². The average Bonchev–Trinajstić information content (AvgIpc) is 2.04. The molecule has 0 unspecified atom stereocenters. The lowest BCUT2D eigenvalue weighted by Crippen LogP contribution is -2.26. The molecule has 0 aliphatic heterocycles. The second-order valence-electron chi connectivity index (χ2n) is 3.47.